The van der Waals surface area contributed by atoms with E-state index < -0.39 is 22.5 Å². The summed E-state index contributed by atoms with van der Waals surface area (Å²) in [5.41, 5.74) is 6.27. The SMILES string of the molecule is COC(=O)CNS(=O)(=O)c1cc(Cl)cc(N)c1C. The maximum absolute atomic E-state index is 11.9. The molecule has 100 valence electrons. The van der Waals surface area contributed by atoms with Crippen LogP contribution in [0.5, 0.6) is 0 Å². The molecular weight excluding hydrogens is 280 g/mol. The van der Waals surface area contributed by atoms with E-state index in [0.29, 0.717) is 5.56 Å². The fourth-order valence-corrected chi connectivity index (χ4v) is 2.81. The van der Waals surface area contributed by atoms with Crippen LogP contribution in [0.4, 0.5) is 5.69 Å². The Bertz CT molecular complexity index is 571. The van der Waals surface area contributed by atoms with Crippen LogP contribution in [0.25, 0.3) is 0 Å². The zero-order chi connectivity index (χ0) is 13.9. The van der Waals surface area contributed by atoms with E-state index in [0.717, 1.165) is 0 Å². The standard InChI is InChI=1S/C10H13ClN2O4S/c1-6-8(12)3-7(11)4-9(6)18(15,16)13-5-10(14)17-2/h3-4,13H,5,12H2,1-2H3. The van der Waals surface area contributed by atoms with Gasteiger partial charge in [0.15, 0.2) is 0 Å². The quantitative estimate of drug-likeness (QED) is 0.628. The number of rotatable bonds is 4. The Morgan fingerprint density at radius 2 is 2.11 bits per heavy atom. The lowest BCUT2D eigenvalue weighted by Crippen LogP contribution is -2.30. The topological polar surface area (TPSA) is 98.5 Å². The third kappa shape index (κ3) is 3.34. The molecule has 1 aromatic rings. The second-order valence-electron chi connectivity index (χ2n) is 3.52. The highest BCUT2D eigenvalue weighted by Crippen LogP contribution is 2.25. The Morgan fingerprint density at radius 3 is 2.67 bits per heavy atom. The van der Waals surface area contributed by atoms with Gasteiger partial charge in [-0.15, -0.1) is 0 Å². The van der Waals surface area contributed by atoms with Crippen molar-refractivity contribution in [3.63, 3.8) is 0 Å². The maximum Gasteiger partial charge on any atom is 0.320 e. The molecule has 8 heteroatoms. The van der Waals surface area contributed by atoms with Crippen molar-refractivity contribution in [2.45, 2.75) is 11.8 Å². The summed E-state index contributed by atoms with van der Waals surface area (Å²) in [6.07, 6.45) is 0. The van der Waals surface area contributed by atoms with Crippen LogP contribution in [-0.4, -0.2) is 28.0 Å². The number of carbonyl (C=O) groups is 1. The predicted molar refractivity (Wildman–Crippen MR) is 67.8 cm³/mol. The van der Waals surface area contributed by atoms with E-state index >= 15 is 0 Å². The van der Waals surface area contributed by atoms with Crippen LogP contribution in [0.15, 0.2) is 17.0 Å². The number of benzene rings is 1. The molecule has 0 bridgehead atoms. The fourth-order valence-electron chi connectivity index (χ4n) is 1.26. The third-order valence-electron chi connectivity index (χ3n) is 2.29. The first-order valence-corrected chi connectivity index (χ1v) is 6.76. The van der Waals surface area contributed by atoms with E-state index in [1.165, 1.54) is 19.2 Å². The highest BCUT2D eigenvalue weighted by atomic mass is 35.5. The van der Waals surface area contributed by atoms with Gasteiger partial charge in [0, 0.05) is 10.7 Å². The average molecular weight is 293 g/mol. The molecule has 1 aromatic carbocycles. The molecule has 0 fully saturated rings. The number of anilines is 1. The molecule has 18 heavy (non-hydrogen) atoms. The van der Waals surface area contributed by atoms with Crippen molar-refractivity contribution in [2.24, 2.45) is 0 Å². The molecule has 0 aromatic heterocycles. The molecule has 0 saturated carbocycles. The number of nitrogens with one attached hydrogen (secondary N) is 1. The molecule has 0 aliphatic heterocycles. The Balaban J connectivity index is 3.09. The lowest BCUT2D eigenvalue weighted by Gasteiger charge is -2.11. The number of sulfonamides is 1. The molecule has 0 heterocycles. The van der Waals surface area contributed by atoms with Gasteiger partial charge in [0.1, 0.15) is 6.54 Å². The normalized spacial score (nSPS) is 11.3. The van der Waals surface area contributed by atoms with Crippen molar-refractivity contribution >= 4 is 33.3 Å². The summed E-state index contributed by atoms with van der Waals surface area (Å²) in [5, 5.41) is 0.205. The van der Waals surface area contributed by atoms with Gasteiger partial charge in [0.2, 0.25) is 10.0 Å². The molecule has 0 aliphatic rings. The number of hydrogen-bond acceptors (Lipinski definition) is 5. The van der Waals surface area contributed by atoms with Crippen LogP contribution in [0.1, 0.15) is 5.56 Å². The molecule has 0 radical (unpaired) electrons. The number of hydrogen-bond donors (Lipinski definition) is 2. The van der Waals surface area contributed by atoms with E-state index in [4.69, 9.17) is 17.3 Å². The van der Waals surface area contributed by atoms with E-state index in [1.54, 1.807) is 6.92 Å². The lowest BCUT2D eigenvalue weighted by molar-refractivity contribution is -0.139. The highest BCUT2D eigenvalue weighted by Gasteiger charge is 2.20. The Kier molecular flexibility index (Phi) is 4.55. The number of nitrogens with two attached hydrogens (primary N) is 1. The smallest absolute Gasteiger partial charge is 0.320 e. The number of methoxy groups -OCH3 is 1. The number of esters is 1. The predicted octanol–water partition coefficient (Wildman–Crippen LogP) is 0.682. The minimum atomic E-state index is -3.86. The lowest BCUT2D eigenvalue weighted by atomic mass is 10.2. The van der Waals surface area contributed by atoms with Gasteiger partial charge in [-0.2, -0.15) is 4.72 Å². The molecule has 0 aliphatic carbocycles. The fraction of sp³-hybridized carbons (Fsp3) is 0.300. The molecule has 0 atom stereocenters. The first-order valence-electron chi connectivity index (χ1n) is 4.90. The molecule has 6 nitrogen and oxygen atoms in total. The summed E-state index contributed by atoms with van der Waals surface area (Å²) in [5.74, 6) is -0.689. The Morgan fingerprint density at radius 1 is 1.50 bits per heavy atom. The van der Waals surface area contributed by atoms with Gasteiger partial charge in [-0.1, -0.05) is 11.6 Å². The van der Waals surface area contributed by atoms with Crippen LogP contribution in [0.2, 0.25) is 5.02 Å². The molecule has 3 N–H and O–H groups in total. The second kappa shape index (κ2) is 5.55. The zero-order valence-corrected chi connectivity index (χ0v) is 11.4. The van der Waals surface area contributed by atoms with E-state index in [2.05, 4.69) is 9.46 Å². The summed E-state index contributed by atoms with van der Waals surface area (Å²) < 4.78 is 30.3. The minimum Gasteiger partial charge on any atom is -0.468 e. The second-order valence-corrected chi connectivity index (χ2v) is 5.69. The monoisotopic (exact) mass is 292 g/mol. The summed E-state index contributed by atoms with van der Waals surface area (Å²) in [6.45, 7) is 1.10. The highest BCUT2D eigenvalue weighted by molar-refractivity contribution is 7.89. The molecule has 0 unspecified atom stereocenters. The largest absolute Gasteiger partial charge is 0.468 e. The van der Waals surface area contributed by atoms with Crippen molar-refractivity contribution in [1.29, 1.82) is 0 Å². The van der Waals surface area contributed by atoms with Crippen molar-refractivity contribution < 1.29 is 17.9 Å². The van der Waals surface area contributed by atoms with Gasteiger partial charge < -0.3 is 10.5 Å². The molecule has 0 saturated heterocycles. The first-order chi connectivity index (χ1) is 8.27. The van der Waals surface area contributed by atoms with Gasteiger partial charge >= 0.3 is 5.97 Å². The maximum atomic E-state index is 11.9. The first kappa shape index (κ1) is 14.7. The molecule has 0 spiro atoms. The summed E-state index contributed by atoms with van der Waals surface area (Å²) in [7, 11) is -2.69. The Hall–Kier alpha value is -1.31. The van der Waals surface area contributed by atoms with Crippen LogP contribution in [0, 0.1) is 6.92 Å². The molecular formula is C10H13ClN2O4S. The van der Waals surface area contributed by atoms with Gasteiger partial charge in [0.25, 0.3) is 0 Å². The van der Waals surface area contributed by atoms with E-state index in [1.807, 2.05) is 0 Å². The third-order valence-corrected chi connectivity index (χ3v) is 4.03. The van der Waals surface area contributed by atoms with E-state index in [-0.39, 0.29) is 15.6 Å². The molecule has 0 amide bonds. The molecule has 1 rings (SSSR count). The van der Waals surface area contributed by atoms with Crippen molar-refractivity contribution in [3.8, 4) is 0 Å². The van der Waals surface area contributed by atoms with Gasteiger partial charge in [0.05, 0.1) is 12.0 Å². The summed E-state index contributed by atoms with van der Waals surface area (Å²) >= 11 is 5.75. The van der Waals surface area contributed by atoms with Crippen LogP contribution >= 0.6 is 11.6 Å². The Labute approximate surface area is 110 Å². The number of ether oxygens (including phenoxy) is 1. The van der Waals surface area contributed by atoms with Crippen molar-refractivity contribution in [1.82, 2.24) is 4.72 Å². The van der Waals surface area contributed by atoms with Gasteiger partial charge in [-0.05, 0) is 24.6 Å². The van der Waals surface area contributed by atoms with Gasteiger partial charge in [-0.3, -0.25) is 4.79 Å². The zero-order valence-electron chi connectivity index (χ0n) is 9.86. The average Bonchev–Trinajstić information content (AvgIpc) is 2.30. The summed E-state index contributed by atoms with van der Waals surface area (Å²) in [4.78, 5) is 10.8. The van der Waals surface area contributed by atoms with E-state index in [9.17, 15) is 13.2 Å². The minimum absolute atomic E-state index is 0.0589. The van der Waals surface area contributed by atoms with Crippen LogP contribution in [0.3, 0.4) is 0 Å². The van der Waals surface area contributed by atoms with Crippen molar-refractivity contribution in [2.75, 3.05) is 19.4 Å². The number of carbonyl (C=O) groups excluding carboxylic acids is 1. The van der Waals surface area contributed by atoms with Crippen LogP contribution in [-0.2, 0) is 19.6 Å². The van der Waals surface area contributed by atoms with Gasteiger partial charge in [-0.25, -0.2) is 8.42 Å². The summed E-state index contributed by atoms with van der Waals surface area (Å²) in [6, 6.07) is 2.73. The van der Waals surface area contributed by atoms with Crippen molar-refractivity contribution in [3.05, 3.63) is 22.7 Å². The number of halogens is 1. The van der Waals surface area contributed by atoms with Crippen LogP contribution < -0.4 is 10.5 Å². The number of nitrogen functional groups attached to an aromatic ring is 1.